The van der Waals surface area contributed by atoms with E-state index in [1.165, 1.54) is 24.8 Å². The minimum atomic E-state index is -0.896. The number of amides is 2. The molecule has 2 rings (SSSR count). The lowest BCUT2D eigenvalue weighted by Crippen LogP contribution is -2.41. The smallest absolute Gasteiger partial charge is 0.308 e. The summed E-state index contributed by atoms with van der Waals surface area (Å²) in [6, 6.07) is 13.1. The largest absolute Gasteiger partial charge is 0.459 e. The van der Waals surface area contributed by atoms with Crippen LogP contribution in [0, 0.1) is 0 Å². The van der Waals surface area contributed by atoms with E-state index in [-0.39, 0.29) is 30.7 Å². The van der Waals surface area contributed by atoms with Gasteiger partial charge in [-0.3, -0.25) is 14.4 Å². The topological polar surface area (TPSA) is 97.6 Å². The first-order chi connectivity index (χ1) is 13.5. The predicted molar refractivity (Wildman–Crippen MR) is 104 cm³/mol. The summed E-state index contributed by atoms with van der Waals surface area (Å²) in [6.07, 6.45) is 2.10. The quantitative estimate of drug-likeness (QED) is 0.612. The van der Waals surface area contributed by atoms with E-state index < -0.39 is 18.0 Å². The number of hydrogen-bond donors (Lipinski definition) is 2. The molecule has 0 fully saturated rings. The lowest BCUT2D eigenvalue weighted by Gasteiger charge is -2.18. The minimum absolute atomic E-state index is 0.0341. The standard InChI is InChI=1S/C21H26N2O5/c1-15(10-11-17-7-4-3-5-8-17)23-20(25)16(2)28-19(24)12-13-22-21(26)18-9-6-14-27-18/h3-9,14-16H,10-13H2,1-2H3,(H,22,26)(H,23,25)/t15-,16-/m0/s1. The van der Waals surface area contributed by atoms with Gasteiger partial charge < -0.3 is 19.8 Å². The SMILES string of the molecule is C[C@H](OC(=O)CCNC(=O)c1ccco1)C(=O)N[C@@H](C)CCc1ccccc1. The summed E-state index contributed by atoms with van der Waals surface area (Å²) < 4.78 is 10.1. The molecule has 0 saturated heterocycles. The van der Waals surface area contributed by atoms with Gasteiger partial charge in [0.25, 0.3) is 11.8 Å². The van der Waals surface area contributed by atoms with Crippen LogP contribution in [0.15, 0.2) is 53.1 Å². The van der Waals surface area contributed by atoms with Gasteiger partial charge in [-0.05, 0) is 44.4 Å². The van der Waals surface area contributed by atoms with Crippen molar-refractivity contribution in [2.45, 2.75) is 45.3 Å². The first-order valence-corrected chi connectivity index (χ1v) is 9.31. The van der Waals surface area contributed by atoms with Gasteiger partial charge in [-0.2, -0.15) is 0 Å². The number of nitrogens with one attached hydrogen (secondary N) is 2. The van der Waals surface area contributed by atoms with Crippen LogP contribution in [-0.2, 0) is 20.7 Å². The fourth-order valence-corrected chi connectivity index (χ4v) is 2.54. The lowest BCUT2D eigenvalue weighted by atomic mass is 10.1. The first kappa shape index (κ1) is 21.2. The van der Waals surface area contributed by atoms with Crippen molar-refractivity contribution in [2.24, 2.45) is 0 Å². The van der Waals surface area contributed by atoms with Crippen LogP contribution in [0.2, 0.25) is 0 Å². The van der Waals surface area contributed by atoms with Gasteiger partial charge in [0.2, 0.25) is 0 Å². The zero-order valence-electron chi connectivity index (χ0n) is 16.1. The van der Waals surface area contributed by atoms with Gasteiger partial charge in [-0.15, -0.1) is 0 Å². The molecule has 2 amide bonds. The number of ether oxygens (including phenoxy) is 1. The molecule has 0 aliphatic rings. The third kappa shape index (κ3) is 7.26. The van der Waals surface area contributed by atoms with Gasteiger partial charge in [0.15, 0.2) is 11.9 Å². The van der Waals surface area contributed by atoms with Crippen molar-refractivity contribution in [1.82, 2.24) is 10.6 Å². The van der Waals surface area contributed by atoms with Crippen molar-refractivity contribution in [1.29, 1.82) is 0 Å². The summed E-state index contributed by atoms with van der Waals surface area (Å²) in [6.45, 7) is 3.54. The van der Waals surface area contributed by atoms with E-state index >= 15 is 0 Å². The molecule has 7 nitrogen and oxygen atoms in total. The molecule has 0 aliphatic carbocycles. The van der Waals surface area contributed by atoms with E-state index in [1.54, 1.807) is 6.07 Å². The second-order valence-electron chi connectivity index (χ2n) is 6.55. The van der Waals surface area contributed by atoms with Crippen LogP contribution in [0.4, 0.5) is 0 Å². The number of hydrogen-bond acceptors (Lipinski definition) is 5. The van der Waals surface area contributed by atoms with Gasteiger partial charge in [-0.1, -0.05) is 30.3 Å². The van der Waals surface area contributed by atoms with Gasteiger partial charge in [0, 0.05) is 12.6 Å². The fourth-order valence-electron chi connectivity index (χ4n) is 2.54. The van der Waals surface area contributed by atoms with Crippen LogP contribution in [0.3, 0.4) is 0 Å². The highest BCUT2D eigenvalue weighted by molar-refractivity contribution is 5.91. The molecule has 1 aromatic carbocycles. The third-order valence-corrected chi connectivity index (χ3v) is 4.13. The van der Waals surface area contributed by atoms with E-state index in [1.807, 2.05) is 37.3 Å². The molecule has 0 radical (unpaired) electrons. The molecule has 2 atom stereocenters. The highest BCUT2D eigenvalue weighted by atomic mass is 16.5. The Labute approximate surface area is 164 Å². The number of carbonyl (C=O) groups is 3. The Kier molecular flexibility index (Phi) is 8.27. The van der Waals surface area contributed by atoms with Crippen molar-refractivity contribution in [3.8, 4) is 0 Å². The molecule has 0 saturated carbocycles. The summed E-state index contributed by atoms with van der Waals surface area (Å²) >= 11 is 0. The second-order valence-corrected chi connectivity index (χ2v) is 6.55. The van der Waals surface area contributed by atoms with Gasteiger partial charge in [0.1, 0.15) is 0 Å². The van der Waals surface area contributed by atoms with Crippen molar-refractivity contribution in [3.63, 3.8) is 0 Å². The fraction of sp³-hybridized carbons (Fsp3) is 0.381. The Bertz CT molecular complexity index is 758. The summed E-state index contributed by atoms with van der Waals surface area (Å²) in [7, 11) is 0. The van der Waals surface area contributed by atoms with E-state index in [9.17, 15) is 14.4 Å². The molecular weight excluding hydrogens is 360 g/mol. The Morgan fingerprint density at radius 3 is 2.50 bits per heavy atom. The molecule has 0 aliphatic heterocycles. The second kappa shape index (κ2) is 10.9. The van der Waals surface area contributed by atoms with Gasteiger partial charge >= 0.3 is 5.97 Å². The van der Waals surface area contributed by atoms with Crippen molar-refractivity contribution in [2.75, 3.05) is 6.54 Å². The Morgan fingerprint density at radius 1 is 1.07 bits per heavy atom. The number of benzene rings is 1. The molecule has 1 aromatic heterocycles. The number of rotatable bonds is 10. The van der Waals surface area contributed by atoms with Crippen LogP contribution in [0.25, 0.3) is 0 Å². The van der Waals surface area contributed by atoms with E-state index in [4.69, 9.17) is 9.15 Å². The zero-order chi connectivity index (χ0) is 20.4. The highest BCUT2D eigenvalue weighted by Crippen LogP contribution is 2.05. The number of carbonyl (C=O) groups excluding carboxylic acids is 3. The number of furan rings is 1. The van der Waals surface area contributed by atoms with E-state index in [0.717, 1.165) is 12.8 Å². The maximum Gasteiger partial charge on any atom is 0.308 e. The zero-order valence-corrected chi connectivity index (χ0v) is 16.1. The minimum Gasteiger partial charge on any atom is -0.459 e. The maximum absolute atomic E-state index is 12.2. The Hall–Kier alpha value is -3.09. The monoisotopic (exact) mass is 386 g/mol. The normalized spacial score (nSPS) is 12.6. The molecule has 2 N–H and O–H groups in total. The third-order valence-electron chi connectivity index (χ3n) is 4.13. The number of esters is 1. The first-order valence-electron chi connectivity index (χ1n) is 9.31. The molecule has 0 unspecified atom stereocenters. The van der Waals surface area contributed by atoms with Crippen molar-refractivity contribution < 1.29 is 23.5 Å². The van der Waals surface area contributed by atoms with Crippen molar-refractivity contribution in [3.05, 3.63) is 60.1 Å². The molecule has 1 heterocycles. The lowest BCUT2D eigenvalue weighted by molar-refractivity contribution is -0.154. The molecule has 2 aromatic rings. The summed E-state index contributed by atoms with van der Waals surface area (Å²) in [5.74, 6) is -1.13. The van der Waals surface area contributed by atoms with Crippen LogP contribution in [0.5, 0.6) is 0 Å². The average molecular weight is 386 g/mol. The van der Waals surface area contributed by atoms with Gasteiger partial charge in [-0.25, -0.2) is 0 Å². The highest BCUT2D eigenvalue weighted by Gasteiger charge is 2.19. The molecular formula is C21H26N2O5. The van der Waals surface area contributed by atoms with Crippen LogP contribution in [0.1, 0.15) is 42.8 Å². The molecule has 0 spiro atoms. The van der Waals surface area contributed by atoms with E-state index in [2.05, 4.69) is 10.6 Å². The van der Waals surface area contributed by atoms with Gasteiger partial charge in [0.05, 0.1) is 12.7 Å². The molecule has 0 bridgehead atoms. The molecule has 150 valence electrons. The number of aryl methyl sites for hydroxylation is 1. The summed E-state index contributed by atoms with van der Waals surface area (Å²) in [5.41, 5.74) is 1.21. The summed E-state index contributed by atoms with van der Waals surface area (Å²) in [5, 5.41) is 5.40. The molecule has 28 heavy (non-hydrogen) atoms. The van der Waals surface area contributed by atoms with Crippen LogP contribution >= 0.6 is 0 Å². The summed E-state index contributed by atoms with van der Waals surface area (Å²) in [4.78, 5) is 35.7. The van der Waals surface area contributed by atoms with Crippen molar-refractivity contribution >= 4 is 17.8 Å². The predicted octanol–water partition coefficient (Wildman–Crippen LogP) is 2.47. The van der Waals surface area contributed by atoms with E-state index in [0.29, 0.717) is 0 Å². The maximum atomic E-state index is 12.2. The van der Waals surface area contributed by atoms with Crippen LogP contribution in [-0.4, -0.2) is 36.5 Å². The Balaban J connectivity index is 1.63. The van der Waals surface area contributed by atoms with Crippen LogP contribution < -0.4 is 10.6 Å². The molecule has 7 heteroatoms. The Morgan fingerprint density at radius 2 is 1.82 bits per heavy atom. The average Bonchev–Trinajstić information content (AvgIpc) is 3.22.